The van der Waals surface area contributed by atoms with Crippen LogP contribution in [0.3, 0.4) is 0 Å². The fourth-order valence-electron chi connectivity index (χ4n) is 3.66. The summed E-state index contributed by atoms with van der Waals surface area (Å²) in [4.78, 5) is 14.9. The van der Waals surface area contributed by atoms with Gasteiger partial charge in [0.15, 0.2) is 0 Å². The number of hydrogen-bond donors (Lipinski definition) is 1. The van der Waals surface area contributed by atoms with Crippen LogP contribution < -0.4 is 9.62 Å². The third-order valence-electron chi connectivity index (χ3n) is 5.49. The summed E-state index contributed by atoms with van der Waals surface area (Å²) in [5, 5.41) is 0.581. The molecule has 3 aromatic rings. The minimum Gasteiger partial charge on any atom is -0.308 e. The third kappa shape index (κ3) is 4.66. The normalized spacial score (nSPS) is 13.3. The Kier molecular flexibility index (Phi) is 6.14. The van der Waals surface area contributed by atoms with Crippen LogP contribution >= 0.6 is 11.6 Å². The Morgan fingerprint density at radius 2 is 1.68 bits per heavy atom. The monoisotopic (exact) mass is 454 g/mol. The van der Waals surface area contributed by atoms with Gasteiger partial charge in [-0.3, -0.25) is 4.79 Å². The smallest absolute Gasteiger partial charge is 0.258 e. The van der Waals surface area contributed by atoms with Crippen LogP contribution in [0.1, 0.15) is 34.0 Å². The summed E-state index contributed by atoms with van der Waals surface area (Å²) in [6.07, 6.45) is 1.62. The highest BCUT2D eigenvalue weighted by Gasteiger charge is 2.26. The van der Waals surface area contributed by atoms with Gasteiger partial charge in [0.25, 0.3) is 5.91 Å². The van der Waals surface area contributed by atoms with E-state index < -0.39 is 10.0 Å². The molecule has 1 amide bonds. The lowest BCUT2D eigenvalue weighted by Gasteiger charge is -2.18. The highest BCUT2D eigenvalue weighted by atomic mass is 35.5. The van der Waals surface area contributed by atoms with Crippen LogP contribution in [-0.4, -0.2) is 20.9 Å². The number of aryl methyl sites for hydroxylation is 1. The quantitative estimate of drug-likeness (QED) is 0.592. The highest BCUT2D eigenvalue weighted by Crippen LogP contribution is 2.30. The molecular formula is C24H23ClN2O3S. The van der Waals surface area contributed by atoms with Gasteiger partial charge < -0.3 is 4.90 Å². The van der Waals surface area contributed by atoms with Crippen molar-refractivity contribution in [1.82, 2.24) is 4.72 Å². The zero-order valence-corrected chi connectivity index (χ0v) is 18.7. The summed E-state index contributed by atoms with van der Waals surface area (Å²) < 4.78 is 27.9. The molecule has 0 spiro atoms. The van der Waals surface area contributed by atoms with Gasteiger partial charge in [0.2, 0.25) is 10.0 Å². The molecule has 0 aromatic heterocycles. The lowest BCUT2D eigenvalue weighted by molar-refractivity contribution is 0.0989. The van der Waals surface area contributed by atoms with Crippen molar-refractivity contribution in [3.05, 3.63) is 94.0 Å². The van der Waals surface area contributed by atoms with Crippen molar-refractivity contribution in [3.63, 3.8) is 0 Å². The Balaban J connectivity index is 1.50. The van der Waals surface area contributed by atoms with Gasteiger partial charge in [-0.2, -0.15) is 0 Å². The molecule has 5 nitrogen and oxygen atoms in total. The first-order valence-corrected chi connectivity index (χ1v) is 12.0. The van der Waals surface area contributed by atoms with E-state index in [0.29, 0.717) is 17.1 Å². The molecule has 1 N–H and O–H groups in total. The zero-order chi connectivity index (χ0) is 22.0. The van der Waals surface area contributed by atoms with Crippen LogP contribution in [0.2, 0.25) is 5.02 Å². The fraction of sp³-hybridized carbons (Fsp3) is 0.208. The molecule has 0 aliphatic carbocycles. The van der Waals surface area contributed by atoms with Crippen LogP contribution in [0, 0.1) is 0 Å². The number of sulfonamides is 1. The van der Waals surface area contributed by atoms with E-state index in [1.165, 1.54) is 0 Å². The van der Waals surface area contributed by atoms with E-state index in [-0.39, 0.29) is 17.3 Å². The second-order valence-corrected chi connectivity index (χ2v) is 9.70. The van der Waals surface area contributed by atoms with Gasteiger partial charge in [0, 0.05) is 29.4 Å². The van der Waals surface area contributed by atoms with Gasteiger partial charge in [0.05, 0.1) is 4.90 Å². The first kappa shape index (κ1) is 21.6. The van der Waals surface area contributed by atoms with Crippen molar-refractivity contribution in [1.29, 1.82) is 0 Å². The maximum Gasteiger partial charge on any atom is 0.258 e. The summed E-state index contributed by atoms with van der Waals surface area (Å²) in [7, 11) is -3.62. The van der Waals surface area contributed by atoms with Crippen LogP contribution in [0.4, 0.5) is 5.69 Å². The largest absolute Gasteiger partial charge is 0.308 e. The predicted octanol–water partition coefficient (Wildman–Crippen LogP) is 4.58. The maximum absolute atomic E-state index is 13.0. The van der Waals surface area contributed by atoms with Gasteiger partial charge in [0.1, 0.15) is 0 Å². The van der Waals surface area contributed by atoms with E-state index in [9.17, 15) is 13.2 Å². The molecule has 0 saturated carbocycles. The number of anilines is 1. The van der Waals surface area contributed by atoms with Gasteiger partial charge in [-0.15, -0.1) is 0 Å². The fourth-order valence-corrected chi connectivity index (χ4v) is 4.80. The zero-order valence-electron chi connectivity index (χ0n) is 17.1. The van der Waals surface area contributed by atoms with Gasteiger partial charge in [-0.1, -0.05) is 42.8 Å². The number of carbonyl (C=O) groups excluding carboxylic acids is 1. The molecule has 0 atom stereocenters. The molecule has 0 radical (unpaired) electrons. The third-order valence-corrected chi connectivity index (χ3v) is 7.16. The number of halogens is 1. The van der Waals surface area contributed by atoms with Crippen LogP contribution in [0.15, 0.2) is 71.6 Å². The first-order chi connectivity index (χ1) is 14.9. The second kappa shape index (κ2) is 8.83. The molecule has 0 fully saturated rings. The van der Waals surface area contributed by atoms with E-state index in [2.05, 4.69) is 4.72 Å². The molecule has 3 aromatic carbocycles. The van der Waals surface area contributed by atoms with Crippen LogP contribution in [-0.2, 0) is 29.4 Å². The topological polar surface area (TPSA) is 66.5 Å². The average molecular weight is 455 g/mol. The minimum absolute atomic E-state index is 0.0934. The minimum atomic E-state index is -3.62. The van der Waals surface area contributed by atoms with E-state index >= 15 is 0 Å². The summed E-state index contributed by atoms with van der Waals surface area (Å²) in [5.41, 5.74) is 4.35. The number of hydrogen-bond acceptors (Lipinski definition) is 3. The Labute approximate surface area is 187 Å². The maximum atomic E-state index is 13.0. The van der Waals surface area contributed by atoms with E-state index in [4.69, 9.17) is 11.6 Å². The van der Waals surface area contributed by atoms with E-state index in [1.807, 2.05) is 37.3 Å². The lowest BCUT2D eigenvalue weighted by Crippen LogP contribution is -2.29. The molecule has 160 valence electrons. The highest BCUT2D eigenvalue weighted by molar-refractivity contribution is 7.89. The number of carbonyl (C=O) groups is 1. The summed E-state index contributed by atoms with van der Waals surface area (Å²) in [6.45, 7) is 2.76. The predicted molar refractivity (Wildman–Crippen MR) is 123 cm³/mol. The van der Waals surface area contributed by atoms with Crippen molar-refractivity contribution in [2.75, 3.05) is 11.4 Å². The first-order valence-electron chi connectivity index (χ1n) is 10.2. The molecule has 1 aliphatic heterocycles. The van der Waals surface area contributed by atoms with Gasteiger partial charge >= 0.3 is 0 Å². The Morgan fingerprint density at radius 3 is 2.35 bits per heavy atom. The Bertz CT molecular complexity index is 1210. The van der Waals surface area contributed by atoms with Crippen molar-refractivity contribution in [2.45, 2.75) is 31.2 Å². The lowest BCUT2D eigenvalue weighted by atomic mass is 10.1. The molecule has 1 heterocycles. The molecule has 0 bridgehead atoms. The standard InChI is InChI=1S/C24H23ClN2O3S/c1-2-17-4-11-22(12-5-17)31(29,30)26-16-18-3-6-19-13-14-27(23(19)15-18)24(28)20-7-9-21(25)10-8-20/h3-12,15,26H,2,13-14,16H2,1H3. The molecule has 0 unspecified atom stereocenters. The summed E-state index contributed by atoms with van der Waals surface area (Å²) in [6, 6.07) is 19.5. The number of nitrogens with one attached hydrogen (secondary N) is 1. The summed E-state index contributed by atoms with van der Waals surface area (Å²) in [5.74, 6) is -0.0934. The molecule has 1 aliphatic rings. The van der Waals surface area contributed by atoms with Crippen molar-refractivity contribution >= 4 is 33.2 Å². The van der Waals surface area contributed by atoms with Crippen molar-refractivity contribution in [3.8, 4) is 0 Å². The second-order valence-electron chi connectivity index (χ2n) is 7.50. The molecule has 31 heavy (non-hydrogen) atoms. The molecule has 4 rings (SSSR count). The molecule has 7 heteroatoms. The number of nitrogens with zero attached hydrogens (tertiary/aromatic N) is 1. The molecular weight excluding hydrogens is 432 g/mol. The van der Waals surface area contributed by atoms with Crippen molar-refractivity contribution < 1.29 is 13.2 Å². The van der Waals surface area contributed by atoms with Gasteiger partial charge in [-0.05, 0) is 72.0 Å². The summed E-state index contributed by atoms with van der Waals surface area (Å²) >= 11 is 5.93. The van der Waals surface area contributed by atoms with E-state index in [1.54, 1.807) is 41.3 Å². The number of amides is 1. The molecule has 0 saturated heterocycles. The SMILES string of the molecule is CCc1ccc(S(=O)(=O)NCc2ccc3c(c2)N(C(=O)c2ccc(Cl)cc2)CC3)cc1. The number of rotatable bonds is 6. The Morgan fingerprint density at radius 1 is 1.00 bits per heavy atom. The van der Waals surface area contributed by atoms with Crippen LogP contribution in [0.5, 0.6) is 0 Å². The van der Waals surface area contributed by atoms with Crippen molar-refractivity contribution in [2.24, 2.45) is 0 Å². The van der Waals surface area contributed by atoms with Crippen LogP contribution in [0.25, 0.3) is 0 Å². The van der Waals surface area contributed by atoms with Gasteiger partial charge in [-0.25, -0.2) is 13.1 Å². The number of fused-ring (bicyclic) bond motifs is 1. The Hall–Kier alpha value is -2.67. The number of benzene rings is 3. The average Bonchev–Trinajstić information content (AvgIpc) is 3.21. The van der Waals surface area contributed by atoms with E-state index in [0.717, 1.165) is 35.2 Å².